The van der Waals surface area contributed by atoms with Crippen molar-refractivity contribution >= 4 is 22.9 Å². The topological polar surface area (TPSA) is 20.2 Å². The molecule has 0 fully saturated rings. The van der Waals surface area contributed by atoms with Crippen LogP contribution in [0.2, 0.25) is 4.34 Å². The third kappa shape index (κ3) is 1.66. The van der Waals surface area contributed by atoms with Gasteiger partial charge in [-0.2, -0.15) is 0 Å². The van der Waals surface area contributed by atoms with E-state index in [1.807, 2.05) is 48.5 Å². The summed E-state index contributed by atoms with van der Waals surface area (Å²) in [6.45, 7) is 0. The van der Waals surface area contributed by atoms with Gasteiger partial charge in [0.1, 0.15) is 6.10 Å². The molecule has 0 radical (unpaired) electrons. The lowest BCUT2D eigenvalue weighted by atomic mass is 9.96. The number of benzene rings is 2. The number of aliphatic hydroxyl groups excluding tert-OH is 1. The van der Waals surface area contributed by atoms with Gasteiger partial charge in [0.05, 0.1) is 4.34 Å². The molecule has 1 nitrogen and oxygen atoms in total. The van der Waals surface area contributed by atoms with E-state index >= 15 is 0 Å². The van der Waals surface area contributed by atoms with Gasteiger partial charge >= 0.3 is 0 Å². The lowest BCUT2D eigenvalue weighted by Gasteiger charge is -2.14. The molecular formula is C17H11ClOS. The van der Waals surface area contributed by atoms with Gasteiger partial charge in [-0.05, 0) is 28.3 Å². The van der Waals surface area contributed by atoms with Crippen molar-refractivity contribution in [2.24, 2.45) is 0 Å². The van der Waals surface area contributed by atoms with Crippen molar-refractivity contribution in [3.05, 3.63) is 70.1 Å². The molecule has 1 unspecified atom stereocenters. The first-order valence-electron chi connectivity index (χ1n) is 6.41. The predicted molar refractivity (Wildman–Crippen MR) is 84.3 cm³/mol. The van der Waals surface area contributed by atoms with Crippen LogP contribution >= 0.6 is 22.9 Å². The first kappa shape index (κ1) is 12.2. The van der Waals surface area contributed by atoms with Gasteiger partial charge in [-0.25, -0.2) is 0 Å². The van der Waals surface area contributed by atoms with Crippen LogP contribution in [0, 0.1) is 0 Å². The minimum absolute atomic E-state index is 0.597. The summed E-state index contributed by atoms with van der Waals surface area (Å²) in [5.41, 5.74) is 5.13. The van der Waals surface area contributed by atoms with E-state index in [0.717, 1.165) is 37.0 Å². The molecule has 20 heavy (non-hydrogen) atoms. The van der Waals surface area contributed by atoms with Gasteiger partial charge in [-0.1, -0.05) is 60.1 Å². The van der Waals surface area contributed by atoms with E-state index in [4.69, 9.17) is 11.6 Å². The van der Waals surface area contributed by atoms with Crippen LogP contribution in [0.15, 0.2) is 54.6 Å². The summed E-state index contributed by atoms with van der Waals surface area (Å²) >= 11 is 7.80. The SMILES string of the molecule is OC1c2ccccc2-c2cc(Cl)sc2-c2ccccc21. The molecule has 0 aliphatic heterocycles. The fourth-order valence-corrected chi connectivity index (χ4v) is 4.14. The molecule has 1 heterocycles. The van der Waals surface area contributed by atoms with E-state index in [0.29, 0.717) is 0 Å². The van der Waals surface area contributed by atoms with Gasteiger partial charge < -0.3 is 5.11 Å². The molecule has 0 saturated heterocycles. The van der Waals surface area contributed by atoms with Crippen LogP contribution in [0.1, 0.15) is 17.2 Å². The average molecular weight is 299 g/mol. The smallest absolute Gasteiger partial charge is 0.105 e. The number of thiophene rings is 1. The van der Waals surface area contributed by atoms with Crippen molar-refractivity contribution in [3.8, 4) is 21.6 Å². The highest BCUT2D eigenvalue weighted by Gasteiger charge is 2.26. The van der Waals surface area contributed by atoms with Crippen molar-refractivity contribution < 1.29 is 5.11 Å². The summed E-state index contributed by atoms with van der Waals surface area (Å²) < 4.78 is 0.774. The summed E-state index contributed by atoms with van der Waals surface area (Å²) in [5.74, 6) is 0. The van der Waals surface area contributed by atoms with E-state index in [1.54, 1.807) is 11.3 Å². The van der Waals surface area contributed by atoms with E-state index < -0.39 is 6.10 Å². The molecule has 1 aliphatic carbocycles. The van der Waals surface area contributed by atoms with Crippen LogP contribution < -0.4 is 0 Å². The molecule has 98 valence electrons. The third-order valence-electron chi connectivity index (χ3n) is 3.75. The minimum Gasteiger partial charge on any atom is -0.384 e. The Morgan fingerprint density at radius 2 is 1.45 bits per heavy atom. The molecule has 3 aromatic rings. The zero-order valence-corrected chi connectivity index (χ0v) is 12.1. The molecule has 4 rings (SSSR count). The number of halogens is 1. The van der Waals surface area contributed by atoms with E-state index in [2.05, 4.69) is 6.07 Å². The van der Waals surface area contributed by atoms with Crippen molar-refractivity contribution in [1.29, 1.82) is 0 Å². The molecule has 0 amide bonds. The van der Waals surface area contributed by atoms with Gasteiger partial charge in [0.25, 0.3) is 0 Å². The van der Waals surface area contributed by atoms with Gasteiger partial charge in [-0.15, -0.1) is 11.3 Å². The first-order chi connectivity index (χ1) is 9.75. The number of aliphatic hydroxyl groups is 1. The molecular weight excluding hydrogens is 288 g/mol. The largest absolute Gasteiger partial charge is 0.384 e. The maximum Gasteiger partial charge on any atom is 0.105 e. The molecule has 2 aromatic carbocycles. The zero-order chi connectivity index (χ0) is 13.7. The van der Waals surface area contributed by atoms with Crippen LogP contribution in [-0.4, -0.2) is 5.11 Å². The molecule has 0 spiro atoms. The Morgan fingerprint density at radius 1 is 0.850 bits per heavy atom. The molecule has 1 aliphatic rings. The number of hydrogen-bond acceptors (Lipinski definition) is 2. The van der Waals surface area contributed by atoms with Crippen LogP contribution in [0.4, 0.5) is 0 Å². The lowest BCUT2D eigenvalue weighted by Crippen LogP contribution is -2.00. The summed E-state index contributed by atoms with van der Waals surface area (Å²) in [7, 11) is 0. The van der Waals surface area contributed by atoms with Crippen LogP contribution in [0.3, 0.4) is 0 Å². The molecule has 3 heteroatoms. The fraction of sp³-hybridized carbons (Fsp3) is 0.0588. The van der Waals surface area contributed by atoms with Gasteiger partial charge in [0, 0.05) is 10.4 Å². The summed E-state index contributed by atoms with van der Waals surface area (Å²) in [6, 6.07) is 18.0. The summed E-state index contributed by atoms with van der Waals surface area (Å²) in [5, 5.41) is 10.7. The van der Waals surface area contributed by atoms with E-state index in [1.165, 1.54) is 0 Å². The highest BCUT2D eigenvalue weighted by molar-refractivity contribution is 7.20. The Hall–Kier alpha value is -1.61. The Labute approximate surface area is 126 Å². The second kappa shape index (κ2) is 4.45. The second-order valence-corrected chi connectivity index (χ2v) is 6.55. The fourth-order valence-electron chi connectivity index (χ4n) is 2.85. The van der Waals surface area contributed by atoms with E-state index in [9.17, 15) is 5.11 Å². The number of fused-ring (bicyclic) bond motifs is 5. The van der Waals surface area contributed by atoms with Crippen molar-refractivity contribution in [2.75, 3.05) is 0 Å². The highest BCUT2D eigenvalue weighted by Crippen LogP contribution is 2.49. The predicted octanol–water partition coefficient (Wildman–Crippen LogP) is 5.13. The monoisotopic (exact) mass is 298 g/mol. The van der Waals surface area contributed by atoms with Crippen molar-refractivity contribution in [1.82, 2.24) is 0 Å². The Balaban J connectivity index is 2.16. The lowest BCUT2D eigenvalue weighted by molar-refractivity contribution is 0.222. The Morgan fingerprint density at radius 3 is 2.20 bits per heavy atom. The zero-order valence-electron chi connectivity index (χ0n) is 10.5. The van der Waals surface area contributed by atoms with Crippen LogP contribution in [0.5, 0.6) is 0 Å². The maximum absolute atomic E-state index is 10.7. The van der Waals surface area contributed by atoms with Gasteiger partial charge in [-0.3, -0.25) is 0 Å². The summed E-state index contributed by atoms with van der Waals surface area (Å²) in [6.07, 6.45) is -0.597. The normalized spacial score (nSPS) is 16.0. The number of hydrogen-bond donors (Lipinski definition) is 1. The average Bonchev–Trinajstić information content (AvgIpc) is 2.84. The second-order valence-electron chi connectivity index (χ2n) is 4.87. The summed E-state index contributed by atoms with van der Waals surface area (Å²) in [4.78, 5) is 1.13. The highest BCUT2D eigenvalue weighted by atomic mass is 35.5. The molecule has 1 atom stereocenters. The van der Waals surface area contributed by atoms with Crippen molar-refractivity contribution in [2.45, 2.75) is 6.10 Å². The van der Waals surface area contributed by atoms with Crippen LogP contribution in [-0.2, 0) is 0 Å². The van der Waals surface area contributed by atoms with Crippen molar-refractivity contribution in [3.63, 3.8) is 0 Å². The molecule has 1 N–H and O–H groups in total. The standard InChI is InChI=1S/C17H11ClOS/c18-15-9-14-10-5-1-2-6-11(10)16(19)12-7-3-4-8-13(12)17(14)20-15/h1-9,16,19H. The first-order valence-corrected chi connectivity index (χ1v) is 7.61. The van der Waals surface area contributed by atoms with Crippen LogP contribution in [0.25, 0.3) is 21.6 Å². The number of rotatable bonds is 0. The Kier molecular flexibility index (Phi) is 2.71. The molecule has 1 aromatic heterocycles. The molecule has 0 bridgehead atoms. The molecule has 0 saturated carbocycles. The quantitative estimate of drug-likeness (QED) is 0.610. The van der Waals surface area contributed by atoms with Gasteiger partial charge in [0.15, 0.2) is 0 Å². The minimum atomic E-state index is -0.597. The maximum atomic E-state index is 10.7. The Bertz CT molecular complexity index is 741. The third-order valence-corrected chi connectivity index (χ3v) is 5.04. The van der Waals surface area contributed by atoms with E-state index in [-0.39, 0.29) is 0 Å². The van der Waals surface area contributed by atoms with Gasteiger partial charge in [0.2, 0.25) is 0 Å².